The van der Waals surface area contributed by atoms with E-state index in [0.29, 0.717) is 5.13 Å². The maximum Gasteiger partial charge on any atom is 0.416 e. The fourth-order valence-electron chi connectivity index (χ4n) is 2.73. The highest BCUT2D eigenvalue weighted by molar-refractivity contribution is 7.15. The van der Waals surface area contributed by atoms with Crippen molar-refractivity contribution in [2.24, 2.45) is 0 Å². The average Bonchev–Trinajstić information content (AvgIpc) is 2.87. The van der Waals surface area contributed by atoms with Gasteiger partial charge >= 0.3 is 6.18 Å². The number of nitrogen functional groups attached to an aromatic ring is 1. The molecule has 0 aliphatic heterocycles. The van der Waals surface area contributed by atoms with Crippen molar-refractivity contribution in [1.82, 2.24) is 4.98 Å². The summed E-state index contributed by atoms with van der Waals surface area (Å²) in [5.41, 5.74) is 7.66. The molecule has 2 nitrogen and oxygen atoms in total. The van der Waals surface area contributed by atoms with E-state index in [4.69, 9.17) is 5.73 Å². The molecule has 1 aromatic carbocycles. The summed E-state index contributed by atoms with van der Waals surface area (Å²) in [5.74, 6) is -0.0119. The average molecular weight is 298 g/mol. The number of halogens is 3. The number of nitrogens with zero attached hydrogens (tertiary/aromatic N) is 1. The number of benzene rings is 1. The van der Waals surface area contributed by atoms with Crippen LogP contribution in [0.5, 0.6) is 0 Å². The zero-order chi connectivity index (χ0) is 14.5. The zero-order valence-corrected chi connectivity index (χ0v) is 11.6. The van der Waals surface area contributed by atoms with Crippen molar-refractivity contribution >= 4 is 16.5 Å². The van der Waals surface area contributed by atoms with E-state index in [1.807, 2.05) is 6.92 Å². The lowest BCUT2D eigenvalue weighted by Gasteiger charge is -2.16. The van der Waals surface area contributed by atoms with E-state index in [-0.39, 0.29) is 5.92 Å². The van der Waals surface area contributed by atoms with Gasteiger partial charge in [-0.3, -0.25) is 0 Å². The summed E-state index contributed by atoms with van der Waals surface area (Å²) < 4.78 is 38.6. The second-order valence-electron chi connectivity index (χ2n) is 5.02. The lowest BCUT2D eigenvalue weighted by molar-refractivity contribution is -0.137. The predicted octanol–water partition coefficient (Wildman–Crippen LogP) is 4.13. The van der Waals surface area contributed by atoms with Crippen LogP contribution in [-0.2, 0) is 12.6 Å². The fourth-order valence-corrected chi connectivity index (χ4v) is 3.77. The number of alkyl halides is 3. The van der Waals surface area contributed by atoms with Gasteiger partial charge in [0, 0.05) is 10.8 Å². The Kier molecular flexibility index (Phi) is 3.01. The minimum Gasteiger partial charge on any atom is -0.375 e. The van der Waals surface area contributed by atoms with Gasteiger partial charge in [-0.15, -0.1) is 11.3 Å². The Balaban J connectivity index is 2.07. The first-order chi connectivity index (χ1) is 9.36. The molecule has 20 heavy (non-hydrogen) atoms. The molecule has 3 rings (SSSR count). The molecule has 1 aliphatic carbocycles. The number of aryl methyl sites for hydroxylation is 2. The van der Waals surface area contributed by atoms with Crippen LogP contribution in [0.25, 0.3) is 0 Å². The maximum atomic E-state index is 12.9. The lowest BCUT2D eigenvalue weighted by atomic mass is 9.92. The number of anilines is 1. The number of nitrogens with two attached hydrogens (primary N) is 1. The number of rotatable bonds is 1. The van der Waals surface area contributed by atoms with Gasteiger partial charge in [-0.05, 0) is 43.0 Å². The maximum absolute atomic E-state index is 12.9. The largest absolute Gasteiger partial charge is 0.416 e. The molecule has 0 saturated carbocycles. The fraction of sp³-hybridized carbons (Fsp3) is 0.357. The Morgan fingerprint density at radius 2 is 2.10 bits per heavy atom. The minimum atomic E-state index is -4.31. The van der Waals surface area contributed by atoms with Gasteiger partial charge in [0.2, 0.25) is 0 Å². The molecule has 106 valence electrons. The van der Waals surface area contributed by atoms with Crippen LogP contribution >= 0.6 is 11.3 Å². The van der Waals surface area contributed by atoms with Crippen LogP contribution in [0.1, 0.15) is 39.6 Å². The molecule has 0 fully saturated rings. The molecule has 6 heteroatoms. The summed E-state index contributed by atoms with van der Waals surface area (Å²) in [6.07, 6.45) is -2.73. The smallest absolute Gasteiger partial charge is 0.375 e. The third-order valence-electron chi connectivity index (χ3n) is 3.71. The Bertz CT molecular complexity index is 661. The highest BCUT2D eigenvalue weighted by Gasteiger charge is 2.34. The van der Waals surface area contributed by atoms with Crippen molar-refractivity contribution < 1.29 is 13.2 Å². The minimum absolute atomic E-state index is 0.0119. The first kappa shape index (κ1) is 13.4. The van der Waals surface area contributed by atoms with Crippen molar-refractivity contribution in [3.8, 4) is 0 Å². The molecule has 2 N–H and O–H groups in total. The number of aromatic nitrogens is 1. The zero-order valence-electron chi connectivity index (χ0n) is 10.8. The molecule has 0 bridgehead atoms. The summed E-state index contributed by atoms with van der Waals surface area (Å²) in [7, 11) is 0. The Morgan fingerprint density at radius 1 is 1.35 bits per heavy atom. The van der Waals surface area contributed by atoms with Crippen LogP contribution in [0.3, 0.4) is 0 Å². The number of hydrogen-bond donors (Lipinski definition) is 1. The highest BCUT2D eigenvalue weighted by Crippen LogP contribution is 2.44. The summed E-state index contributed by atoms with van der Waals surface area (Å²) in [5, 5.41) is 0.490. The van der Waals surface area contributed by atoms with E-state index in [2.05, 4.69) is 4.98 Å². The van der Waals surface area contributed by atoms with Gasteiger partial charge in [0.15, 0.2) is 5.13 Å². The van der Waals surface area contributed by atoms with Crippen molar-refractivity contribution in [3.63, 3.8) is 0 Å². The normalized spacial score (nSPS) is 18.3. The van der Waals surface area contributed by atoms with Gasteiger partial charge in [0.25, 0.3) is 0 Å². The van der Waals surface area contributed by atoms with E-state index >= 15 is 0 Å². The molecule has 0 spiro atoms. The van der Waals surface area contributed by atoms with E-state index in [0.717, 1.165) is 40.6 Å². The van der Waals surface area contributed by atoms with Crippen LogP contribution in [0, 0.1) is 6.92 Å². The monoisotopic (exact) mass is 298 g/mol. The Morgan fingerprint density at radius 3 is 2.80 bits per heavy atom. The van der Waals surface area contributed by atoms with Crippen molar-refractivity contribution in [3.05, 3.63) is 45.5 Å². The number of fused-ring (bicyclic) bond motifs is 1. The van der Waals surface area contributed by atoms with Gasteiger partial charge in [-0.2, -0.15) is 13.2 Å². The van der Waals surface area contributed by atoms with Crippen LogP contribution in [-0.4, -0.2) is 4.98 Å². The van der Waals surface area contributed by atoms with E-state index in [9.17, 15) is 13.2 Å². The molecule has 1 aromatic heterocycles. The molecule has 0 radical (unpaired) electrons. The summed E-state index contributed by atoms with van der Waals surface area (Å²) in [6.45, 7) is 1.85. The third-order valence-corrected chi connectivity index (χ3v) is 4.75. The van der Waals surface area contributed by atoms with Crippen LogP contribution in [0.4, 0.5) is 18.3 Å². The third kappa shape index (κ3) is 2.18. The standard InChI is InChI=1S/C14H13F3N2S/c1-7-2-3-8(14(15,16)17)6-10(7)9-4-5-11-12(9)20-13(18)19-11/h2-3,6,9H,4-5H2,1H3,(H2,18,19). The van der Waals surface area contributed by atoms with Gasteiger partial charge in [-0.25, -0.2) is 4.98 Å². The second kappa shape index (κ2) is 4.48. The molecule has 0 saturated heterocycles. The van der Waals surface area contributed by atoms with Crippen LogP contribution in [0.2, 0.25) is 0 Å². The lowest BCUT2D eigenvalue weighted by Crippen LogP contribution is -2.07. The first-order valence-corrected chi connectivity index (χ1v) is 7.10. The predicted molar refractivity (Wildman–Crippen MR) is 72.9 cm³/mol. The molecule has 0 amide bonds. The Labute approximate surface area is 118 Å². The topological polar surface area (TPSA) is 38.9 Å². The number of hydrogen-bond acceptors (Lipinski definition) is 3. The Hall–Kier alpha value is -1.56. The van der Waals surface area contributed by atoms with Gasteiger partial charge < -0.3 is 5.73 Å². The van der Waals surface area contributed by atoms with Crippen molar-refractivity contribution in [2.45, 2.75) is 31.9 Å². The number of thiazole rings is 1. The highest BCUT2D eigenvalue weighted by atomic mass is 32.1. The summed E-state index contributed by atoms with van der Waals surface area (Å²) in [4.78, 5) is 5.26. The summed E-state index contributed by atoms with van der Waals surface area (Å²) in [6, 6.07) is 3.95. The molecular weight excluding hydrogens is 285 g/mol. The molecule has 1 aliphatic rings. The molecular formula is C14H13F3N2S. The molecule has 1 atom stereocenters. The van der Waals surface area contributed by atoms with Crippen LogP contribution in [0.15, 0.2) is 18.2 Å². The first-order valence-electron chi connectivity index (χ1n) is 6.29. The summed E-state index contributed by atoms with van der Waals surface area (Å²) >= 11 is 1.39. The molecule has 1 unspecified atom stereocenters. The van der Waals surface area contributed by atoms with E-state index in [1.54, 1.807) is 6.07 Å². The SMILES string of the molecule is Cc1ccc(C(F)(F)F)cc1C1CCc2nc(N)sc21. The van der Waals surface area contributed by atoms with E-state index < -0.39 is 11.7 Å². The quantitative estimate of drug-likeness (QED) is 0.859. The van der Waals surface area contributed by atoms with E-state index in [1.165, 1.54) is 17.4 Å². The van der Waals surface area contributed by atoms with Gasteiger partial charge in [-0.1, -0.05) is 6.07 Å². The van der Waals surface area contributed by atoms with Crippen LogP contribution < -0.4 is 5.73 Å². The van der Waals surface area contributed by atoms with Gasteiger partial charge in [0.1, 0.15) is 0 Å². The van der Waals surface area contributed by atoms with Gasteiger partial charge in [0.05, 0.1) is 11.3 Å². The van der Waals surface area contributed by atoms with Crippen molar-refractivity contribution in [1.29, 1.82) is 0 Å². The van der Waals surface area contributed by atoms with Crippen molar-refractivity contribution in [2.75, 3.05) is 5.73 Å². The molecule has 1 heterocycles. The second-order valence-corrected chi connectivity index (χ2v) is 6.09. The molecule has 2 aromatic rings.